The molecule has 1 atom stereocenters. The van der Waals surface area contributed by atoms with E-state index in [9.17, 15) is 4.79 Å². The van der Waals surface area contributed by atoms with Gasteiger partial charge in [-0.2, -0.15) is 11.3 Å². The minimum Gasteiger partial charge on any atom is -0.345 e. The summed E-state index contributed by atoms with van der Waals surface area (Å²) in [6, 6.07) is 9.43. The van der Waals surface area contributed by atoms with E-state index in [4.69, 9.17) is 17.3 Å². The van der Waals surface area contributed by atoms with Gasteiger partial charge in [0.2, 0.25) is 5.91 Å². The first-order chi connectivity index (χ1) is 9.70. The Morgan fingerprint density at radius 2 is 2.00 bits per heavy atom. The van der Waals surface area contributed by atoms with Crippen LogP contribution < -0.4 is 11.1 Å². The van der Waals surface area contributed by atoms with Crippen LogP contribution >= 0.6 is 22.9 Å². The molecule has 1 aromatic heterocycles. The van der Waals surface area contributed by atoms with Crippen LogP contribution in [0.3, 0.4) is 0 Å². The average molecular weight is 309 g/mol. The van der Waals surface area contributed by atoms with Gasteiger partial charge >= 0.3 is 0 Å². The van der Waals surface area contributed by atoms with E-state index < -0.39 is 0 Å². The molecule has 3 N–H and O–H groups in total. The number of carbonyl (C=O) groups excluding carboxylic acids is 1. The Balaban J connectivity index is 2.17. The maximum Gasteiger partial charge on any atom is 0.220 e. The molecule has 0 aliphatic rings. The molecule has 1 heterocycles. The summed E-state index contributed by atoms with van der Waals surface area (Å²) in [5.74, 6) is 0.0154. The number of nitrogens with one attached hydrogen (secondary N) is 1. The molecule has 0 radical (unpaired) electrons. The molecular formula is C15H17ClN2OS. The third-order valence-corrected chi connectivity index (χ3v) is 3.95. The maximum absolute atomic E-state index is 12.0. The van der Waals surface area contributed by atoms with E-state index in [2.05, 4.69) is 5.32 Å². The van der Waals surface area contributed by atoms with Crippen molar-refractivity contribution in [2.45, 2.75) is 18.9 Å². The topological polar surface area (TPSA) is 55.1 Å². The highest BCUT2D eigenvalue weighted by Crippen LogP contribution is 2.25. The van der Waals surface area contributed by atoms with Gasteiger partial charge in [0.1, 0.15) is 0 Å². The molecule has 2 aromatic rings. The third kappa shape index (κ3) is 4.07. The molecular weight excluding hydrogens is 292 g/mol. The van der Waals surface area contributed by atoms with E-state index in [0.29, 0.717) is 24.4 Å². The van der Waals surface area contributed by atoms with Gasteiger partial charge < -0.3 is 11.1 Å². The summed E-state index contributed by atoms with van der Waals surface area (Å²) in [4.78, 5) is 12.0. The normalized spacial score (nSPS) is 12.1. The molecule has 0 fully saturated rings. The van der Waals surface area contributed by atoms with E-state index in [1.54, 1.807) is 11.3 Å². The van der Waals surface area contributed by atoms with Crippen molar-refractivity contribution in [2.75, 3.05) is 6.54 Å². The minimum atomic E-state index is -0.135. The van der Waals surface area contributed by atoms with Crippen LogP contribution in [0.25, 0.3) is 0 Å². The molecule has 0 saturated carbocycles. The van der Waals surface area contributed by atoms with Gasteiger partial charge in [0.25, 0.3) is 0 Å². The zero-order valence-electron chi connectivity index (χ0n) is 11.0. The molecule has 0 bridgehead atoms. The second-order valence-corrected chi connectivity index (χ2v) is 5.72. The summed E-state index contributed by atoms with van der Waals surface area (Å²) in [7, 11) is 0. The van der Waals surface area contributed by atoms with Gasteiger partial charge in [-0.15, -0.1) is 0 Å². The van der Waals surface area contributed by atoms with Crippen molar-refractivity contribution in [3.8, 4) is 0 Å². The fourth-order valence-electron chi connectivity index (χ4n) is 1.95. The summed E-state index contributed by atoms with van der Waals surface area (Å²) in [6.45, 7) is 0.525. The Hall–Kier alpha value is -1.36. The molecule has 0 spiro atoms. The molecule has 5 heteroatoms. The largest absolute Gasteiger partial charge is 0.345 e. The van der Waals surface area contributed by atoms with Gasteiger partial charge in [-0.1, -0.05) is 23.7 Å². The second kappa shape index (κ2) is 7.43. The van der Waals surface area contributed by atoms with E-state index in [1.165, 1.54) is 0 Å². The highest BCUT2D eigenvalue weighted by Gasteiger charge is 2.16. The number of carbonyl (C=O) groups is 1. The van der Waals surface area contributed by atoms with Crippen molar-refractivity contribution in [1.29, 1.82) is 0 Å². The van der Waals surface area contributed by atoms with Gasteiger partial charge in [0, 0.05) is 11.4 Å². The summed E-state index contributed by atoms with van der Waals surface area (Å²) >= 11 is 7.53. The fraction of sp³-hybridized carbons (Fsp3) is 0.267. The van der Waals surface area contributed by atoms with E-state index >= 15 is 0 Å². The molecule has 0 saturated heterocycles. The Bertz CT molecular complexity index is 540. The van der Waals surface area contributed by atoms with Crippen molar-refractivity contribution in [2.24, 2.45) is 5.73 Å². The molecule has 2 rings (SSSR count). The number of hydrogen-bond donors (Lipinski definition) is 2. The maximum atomic E-state index is 12.0. The smallest absolute Gasteiger partial charge is 0.220 e. The molecule has 20 heavy (non-hydrogen) atoms. The molecule has 3 nitrogen and oxygen atoms in total. The predicted octanol–water partition coefficient (Wildman–Crippen LogP) is 3.35. The van der Waals surface area contributed by atoms with E-state index in [0.717, 1.165) is 11.1 Å². The molecule has 1 aromatic carbocycles. The molecule has 0 aliphatic carbocycles. The predicted molar refractivity (Wildman–Crippen MR) is 84.0 cm³/mol. The van der Waals surface area contributed by atoms with Crippen LogP contribution in [0.5, 0.6) is 0 Å². The lowest BCUT2D eigenvalue weighted by atomic mass is 10.0. The highest BCUT2D eigenvalue weighted by atomic mass is 35.5. The average Bonchev–Trinajstić information content (AvgIpc) is 2.97. The minimum absolute atomic E-state index is 0.0154. The Labute approximate surface area is 127 Å². The quantitative estimate of drug-likeness (QED) is 0.860. The molecule has 0 aliphatic heterocycles. The molecule has 1 unspecified atom stereocenters. The third-order valence-electron chi connectivity index (χ3n) is 2.99. The first kappa shape index (κ1) is 15.0. The Morgan fingerprint density at radius 3 is 2.60 bits per heavy atom. The summed E-state index contributed by atoms with van der Waals surface area (Å²) < 4.78 is 0. The Morgan fingerprint density at radius 1 is 1.25 bits per heavy atom. The SMILES string of the molecule is NCCCC(=O)NC(c1ccc(Cl)cc1)c1ccsc1. The number of halogens is 1. The first-order valence-electron chi connectivity index (χ1n) is 6.47. The lowest BCUT2D eigenvalue weighted by molar-refractivity contribution is -0.121. The monoisotopic (exact) mass is 308 g/mol. The zero-order valence-corrected chi connectivity index (χ0v) is 12.6. The number of rotatable bonds is 6. The number of hydrogen-bond acceptors (Lipinski definition) is 3. The lowest BCUT2D eigenvalue weighted by Crippen LogP contribution is -2.29. The summed E-state index contributed by atoms with van der Waals surface area (Å²) in [5.41, 5.74) is 7.54. The zero-order chi connectivity index (χ0) is 14.4. The van der Waals surface area contributed by atoms with Gasteiger partial charge in [-0.05, 0) is 53.1 Å². The first-order valence-corrected chi connectivity index (χ1v) is 7.80. The second-order valence-electron chi connectivity index (χ2n) is 4.50. The summed E-state index contributed by atoms with van der Waals surface area (Å²) in [5, 5.41) is 7.79. The van der Waals surface area contributed by atoms with Crippen LogP contribution in [0.2, 0.25) is 5.02 Å². The fourth-order valence-corrected chi connectivity index (χ4v) is 2.76. The van der Waals surface area contributed by atoms with Gasteiger partial charge in [0.15, 0.2) is 0 Å². The Kier molecular flexibility index (Phi) is 5.59. The highest BCUT2D eigenvalue weighted by molar-refractivity contribution is 7.08. The van der Waals surface area contributed by atoms with Crippen molar-refractivity contribution in [1.82, 2.24) is 5.32 Å². The van der Waals surface area contributed by atoms with Gasteiger partial charge in [0.05, 0.1) is 6.04 Å². The van der Waals surface area contributed by atoms with E-state index in [-0.39, 0.29) is 11.9 Å². The van der Waals surface area contributed by atoms with Crippen LogP contribution in [-0.2, 0) is 4.79 Å². The van der Waals surface area contributed by atoms with E-state index in [1.807, 2.05) is 41.1 Å². The number of benzene rings is 1. The van der Waals surface area contributed by atoms with Crippen molar-refractivity contribution >= 4 is 28.8 Å². The van der Waals surface area contributed by atoms with Gasteiger partial charge in [-0.3, -0.25) is 4.79 Å². The van der Waals surface area contributed by atoms with Crippen LogP contribution in [0.1, 0.15) is 30.0 Å². The van der Waals surface area contributed by atoms with Crippen LogP contribution in [0, 0.1) is 0 Å². The molecule has 1 amide bonds. The van der Waals surface area contributed by atoms with Crippen molar-refractivity contribution in [3.63, 3.8) is 0 Å². The van der Waals surface area contributed by atoms with Crippen LogP contribution in [-0.4, -0.2) is 12.5 Å². The summed E-state index contributed by atoms with van der Waals surface area (Å²) in [6.07, 6.45) is 1.15. The van der Waals surface area contributed by atoms with Crippen LogP contribution in [0.15, 0.2) is 41.1 Å². The lowest BCUT2D eigenvalue weighted by Gasteiger charge is -2.18. The van der Waals surface area contributed by atoms with Gasteiger partial charge in [-0.25, -0.2) is 0 Å². The van der Waals surface area contributed by atoms with Crippen molar-refractivity contribution in [3.05, 3.63) is 57.2 Å². The molecule has 106 valence electrons. The number of thiophene rings is 1. The van der Waals surface area contributed by atoms with Crippen molar-refractivity contribution < 1.29 is 4.79 Å². The number of nitrogens with two attached hydrogens (primary N) is 1. The van der Waals surface area contributed by atoms with Crippen LogP contribution in [0.4, 0.5) is 0 Å². The number of amides is 1. The standard InChI is InChI=1S/C15H17ClN2OS/c16-13-5-3-11(4-6-13)15(12-7-9-20-10-12)18-14(19)2-1-8-17/h3-7,9-10,15H,1-2,8,17H2,(H,18,19).